The van der Waals surface area contributed by atoms with Crippen LogP contribution in [0.4, 0.5) is 0 Å². The molecule has 0 aliphatic carbocycles. The minimum absolute atomic E-state index is 0.591. The average molecular weight is 237 g/mol. The van der Waals surface area contributed by atoms with Crippen LogP contribution in [0, 0.1) is 6.92 Å². The lowest BCUT2D eigenvalue weighted by molar-refractivity contribution is -0.150. The first kappa shape index (κ1) is 12.2. The Hall–Kier alpha value is -1.29. The summed E-state index contributed by atoms with van der Waals surface area (Å²) in [5.41, 5.74) is -0.694. The minimum atomic E-state index is -0.708. The van der Waals surface area contributed by atoms with Crippen LogP contribution in [0.1, 0.15) is 37.7 Å². The van der Waals surface area contributed by atoms with Gasteiger partial charge in [-0.05, 0) is 44.9 Å². The van der Waals surface area contributed by atoms with Crippen LogP contribution in [0.15, 0.2) is 16.5 Å². The Labute approximate surface area is 101 Å². The third-order valence-corrected chi connectivity index (χ3v) is 3.75. The van der Waals surface area contributed by atoms with E-state index in [0.717, 1.165) is 30.9 Å². The first-order valence-corrected chi connectivity index (χ1v) is 6.12. The number of likely N-dealkylation sites (tertiary alicyclic amines) is 1. The summed E-state index contributed by atoms with van der Waals surface area (Å²) in [6, 6.07) is 3.84. The van der Waals surface area contributed by atoms with Crippen LogP contribution in [0.25, 0.3) is 0 Å². The number of aryl methyl sites for hydroxylation is 1. The number of hydrogen-bond donors (Lipinski definition) is 1. The number of carbonyl (C=O) groups is 1. The van der Waals surface area contributed by atoms with Crippen molar-refractivity contribution in [2.45, 2.75) is 45.2 Å². The molecule has 1 aromatic rings. The van der Waals surface area contributed by atoms with Gasteiger partial charge in [0.2, 0.25) is 0 Å². The van der Waals surface area contributed by atoms with Gasteiger partial charge in [-0.1, -0.05) is 6.92 Å². The molecule has 17 heavy (non-hydrogen) atoms. The highest BCUT2D eigenvalue weighted by Crippen LogP contribution is 2.34. The summed E-state index contributed by atoms with van der Waals surface area (Å²) in [4.78, 5) is 13.5. The molecule has 1 saturated heterocycles. The molecule has 2 heterocycles. The lowest BCUT2D eigenvalue weighted by Crippen LogP contribution is -2.49. The molecule has 0 radical (unpaired) electrons. The van der Waals surface area contributed by atoms with Crippen molar-refractivity contribution in [3.05, 3.63) is 23.7 Å². The molecule has 1 fully saturated rings. The molecule has 0 spiro atoms. The number of aliphatic carboxylic acids is 1. The molecule has 1 aliphatic heterocycles. The van der Waals surface area contributed by atoms with Gasteiger partial charge in [-0.25, -0.2) is 0 Å². The minimum Gasteiger partial charge on any atom is -0.480 e. The maximum Gasteiger partial charge on any atom is 0.324 e. The zero-order valence-electron chi connectivity index (χ0n) is 10.4. The fourth-order valence-corrected chi connectivity index (χ4v) is 2.72. The fraction of sp³-hybridized carbons (Fsp3) is 0.615. The standard InChI is InChI=1S/C13H19NO3/c1-3-13(12(15)16)7-4-8-14(13)9-11-6-5-10(2)17-11/h5-6H,3-4,7-9H2,1-2H3,(H,15,16). The van der Waals surface area contributed by atoms with Gasteiger partial charge in [0, 0.05) is 0 Å². The normalized spacial score (nSPS) is 25.3. The van der Waals surface area contributed by atoms with Crippen molar-refractivity contribution in [2.24, 2.45) is 0 Å². The van der Waals surface area contributed by atoms with Crippen molar-refractivity contribution < 1.29 is 14.3 Å². The van der Waals surface area contributed by atoms with Gasteiger partial charge < -0.3 is 9.52 Å². The summed E-state index contributed by atoms with van der Waals surface area (Å²) in [5.74, 6) is 1.01. The van der Waals surface area contributed by atoms with Gasteiger partial charge >= 0.3 is 5.97 Å². The average Bonchev–Trinajstić information content (AvgIpc) is 2.86. The fourth-order valence-electron chi connectivity index (χ4n) is 2.72. The SMILES string of the molecule is CCC1(C(=O)O)CCCN1Cc1ccc(C)o1. The van der Waals surface area contributed by atoms with Crippen LogP contribution < -0.4 is 0 Å². The zero-order chi connectivity index (χ0) is 12.5. The van der Waals surface area contributed by atoms with Crippen molar-refractivity contribution in [3.63, 3.8) is 0 Å². The Bertz CT molecular complexity index is 413. The van der Waals surface area contributed by atoms with Crippen LogP contribution in [0.2, 0.25) is 0 Å². The van der Waals surface area contributed by atoms with Crippen LogP contribution in [-0.4, -0.2) is 28.1 Å². The zero-order valence-corrected chi connectivity index (χ0v) is 10.4. The Kier molecular flexibility index (Phi) is 3.24. The number of furan rings is 1. The van der Waals surface area contributed by atoms with Crippen LogP contribution in [0.5, 0.6) is 0 Å². The van der Waals surface area contributed by atoms with E-state index in [0.29, 0.717) is 13.0 Å². The van der Waals surface area contributed by atoms with Crippen LogP contribution in [0.3, 0.4) is 0 Å². The van der Waals surface area contributed by atoms with Crippen molar-refractivity contribution in [2.75, 3.05) is 6.54 Å². The summed E-state index contributed by atoms with van der Waals surface area (Å²) >= 11 is 0. The summed E-state index contributed by atoms with van der Waals surface area (Å²) in [7, 11) is 0. The molecule has 4 heteroatoms. The molecule has 1 aromatic heterocycles. The van der Waals surface area contributed by atoms with Crippen molar-refractivity contribution in [1.29, 1.82) is 0 Å². The second-order valence-electron chi connectivity index (χ2n) is 4.73. The summed E-state index contributed by atoms with van der Waals surface area (Å²) in [6.07, 6.45) is 2.32. The smallest absolute Gasteiger partial charge is 0.324 e. The maximum atomic E-state index is 11.5. The van der Waals surface area contributed by atoms with Crippen molar-refractivity contribution >= 4 is 5.97 Å². The lowest BCUT2D eigenvalue weighted by Gasteiger charge is -2.33. The molecule has 0 bridgehead atoms. The van der Waals surface area contributed by atoms with E-state index in [1.54, 1.807) is 0 Å². The molecule has 94 valence electrons. The molecule has 1 N–H and O–H groups in total. The van der Waals surface area contributed by atoms with Gasteiger partial charge in [0.25, 0.3) is 0 Å². The second kappa shape index (κ2) is 4.53. The van der Waals surface area contributed by atoms with Crippen LogP contribution >= 0.6 is 0 Å². The van der Waals surface area contributed by atoms with E-state index < -0.39 is 11.5 Å². The molecular formula is C13H19NO3. The molecule has 0 amide bonds. The van der Waals surface area contributed by atoms with Gasteiger partial charge in [0.05, 0.1) is 6.54 Å². The highest BCUT2D eigenvalue weighted by molar-refractivity contribution is 5.79. The van der Waals surface area contributed by atoms with E-state index in [1.807, 2.05) is 30.9 Å². The highest BCUT2D eigenvalue weighted by atomic mass is 16.4. The van der Waals surface area contributed by atoms with E-state index >= 15 is 0 Å². The van der Waals surface area contributed by atoms with Gasteiger partial charge in [0.1, 0.15) is 17.1 Å². The van der Waals surface area contributed by atoms with E-state index in [9.17, 15) is 9.90 Å². The lowest BCUT2D eigenvalue weighted by atomic mass is 9.93. The molecule has 1 atom stereocenters. The number of rotatable bonds is 4. The Balaban J connectivity index is 2.17. The van der Waals surface area contributed by atoms with Gasteiger partial charge in [0.15, 0.2) is 0 Å². The molecular weight excluding hydrogens is 218 g/mol. The Morgan fingerprint density at radius 1 is 1.59 bits per heavy atom. The number of carboxylic acid groups (broad SMARTS) is 1. The summed E-state index contributed by atoms with van der Waals surface area (Å²) < 4.78 is 5.53. The van der Waals surface area contributed by atoms with E-state index in [4.69, 9.17) is 4.42 Å². The Morgan fingerprint density at radius 2 is 2.35 bits per heavy atom. The summed E-state index contributed by atoms with van der Waals surface area (Å²) in [6.45, 7) is 5.27. The van der Waals surface area contributed by atoms with Crippen LogP contribution in [-0.2, 0) is 11.3 Å². The van der Waals surface area contributed by atoms with E-state index in [-0.39, 0.29) is 0 Å². The van der Waals surface area contributed by atoms with E-state index in [2.05, 4.69) is 0 Å². The topological polar surface area (TPSA) is 53.7 Å². The first-order valence-electron chi connectivity index (χ1n) is 6.12. The van der Waals surface area contributed by atoms with Gasteiger partial charge in [-0.2, -0.15) is 0 Å². The number of carboxylic acids is 1. The Morgan fingerprint density at radius 3 is 2.88 bits per heavy atom. The second-order valence-corrected chi connectivity index (χ2v) is 4.73. The number of nitrogens with zero attached hydrogens (tertiary/aromatic N) is 1. The van der Waals surface area contributed by atoms with Crippen molar-refractivity contribution in [1.82, 2.24) is 4.90 Å². The largest absolute Gasteiger partial charge is 0.480 e. The van der Waals surface area contributed by atoms with Gasteiger partial charge in [-0.15, -0.1) is 0 Å². The molecule has 0 saturated carbocycles. The van der Waals surface area contributed by atoms with Crippen molar-refractivity contribution in [3.8, 4) is 0 Å². The molecule has 2 rings (SSSR count). The predicted octanol–water partition coefficient (Wildman–Crippen LogP) is 2.42. The third kappa shape index (κ3) is 2.09. The molecule has 0 aromatic carbocycles. The monoisotopic (exact) mass is 237 g/mol. The molecule has 4 nitrogen and oxygen atoms in total. The molecule has 1 unspecified atom stereocenters. The third-order valence-electron chi connectivity index (χ3n) is 3.75. The molecule has 1 aliphatic rings. The predicted molar refractivity (Wildman–Crippen MR) is 63.7 cm³/mol. The maximum absolute atomic E-state index is 11.5. The summed E-state index contributed by atoms with van der Waals surface area (Å²) in [5, 5.41) is 9.45. The van der Waals surface area contributed by atoms with Gasteiger partial charge in [-0.3, -0.25) is 9.69 Å². The van der Waals surface area contributed by atoms with E-state index in [1.165, 1.54) is 0 Å². The highest BCUT2D eigenvalue weighted by Gasteiger charge is 2.46. The quantitative estimate of drug-likeness (QED) is 0.873. The first-order chi connectivity index (χ1) is 8.08. The number of hydrogen-bond acceptors (Lipinski definition) is 3.